The molecule has 126 valence electrons. The minimum atomic E-state index is 0.611. The first-order chi connectivity index (χ1) is 10.9. The van der Waals surface area contributed by atoms with Crippen LogP contribution in [-0.4, -0.2) is 87.4 Å². The fraction of sp³-hybridized carbons (Fsp3) is 0.800. The highest BCUT2D eigenvalue weighted by Crippen LogP contribution is 1.98. The van der Waals surface area contributed by atoms with Crippen LogP contribution in [0.1, 0.15) is 5.69 Å². The van der Waals surface area contributed by atoms with Gasteiger partial charge in [-0.15, -0.1) is 0 Å². The van der Waals surface area contributed by atoms with Gasteiger partial charge in [-0.25, -0.2) is 4.98 Å². The molecule has 1 N–H and O–H groups in total. The van der Waals surface area contributed by atoms with Crippen molar-refractivity contribution in [3.63, 3.8) is 0 Å². The summed E-state index contributed by atoms with van der Waals surface area (Å²) in [5, 5.41) is 0. The van der Waals surface area contributed by atoms with Gasteiger partial charge in [-0.3, -0.25) is 4.90 Å². The van der Waals surface area contributed by atoms with Gasteiger partial charge in [-0.1, -0.05) is 0 Å². The molecular weight excluding hydrogens is 286 g/mol. The number of hydrogen-bond donors (Lipinski definition) is 1. The lowest BCUT2D eigenvalue weighted by Gasteiger charge is -2.21. The highest BCUT2D eigenvalue weighted by Gasteiger charge is 2.07. The van der Waals surface area contributed by atoms with Crippen molar-refractivity contribution >= 4 is 0 Å². The molecule has 1 saturated heterocycles. The third kappa shape index (κ3) is 7.86. The van der Waals surface area contributed by atoms with Crippen molar-refractivity contribution in [2.45, 2.75) is 6.42 Å². The van der Waals surface area contributed by atoms with E-state index in [1.165, 1.54) is 0 Å². The van der Waals surface area contributed by atoms with Crippen LogP contribution in [0.4, 0.5) is 0 Å². The van der Waals surface area contributed by atoms with E-state index in [1.54, 1.807) is 6.33 Å². The summed E-state index contributed by atoms with van der Waals surface area (Å²) >= 11 is 0. The van der Waals surface area contributed by atoms with Gasteiger partial charge < -0.3 is 23.9 Å². The van der Waals surface area contributed by atoms with Crippen LogP contribution >= 0.6 is 0 Å². The van der Waals surface area contributed by atoms with E-state index in [9.17, 15) is 0 Å². The van der Waals surface area contributed by atoms with Crippen LogP contribution in [0.5, 0.6) is 0 Å². The van der Waals surface area contributed by atoms with Crippen molar-refractivity contribution < 1.29 is 18.9 Å². The summed E-state index contributed by atoms with van der Waals surface area (Å²) in [4.78, 5) is 9.53. The molecule has 0 spiro atoms. The number of nitrogens with one attached hydrogen (secondary N) is 1. The fourth-order valence-electron chi connectivity index (χ4n) is 2.18. The molecule has 0 radical (unpaired) electrons. The van der Waals surface area contributed by atoms with Gasteiger partial charge in [0.1, 0.15) is 0 Å². The molecule has 1 aliphatic rings. The molecule has 1 fully saturated rings. The SMILES string of the molecule is c1ncc(CCN2CCOCCOCCOCCOCC2)[nH]1. The van der Waals surface area contributed by atoms with Crippen molar-refractivity contribution in [3.8, 4) is 0 Å². The molecular formula is C15H27N3O4. The Labute approximate surface area is 131 Å². The molecule has 1 aromatic heterocycles. The highest BCUT2D eigenvalue weighted by molar-refractivity contribution is 4.94. The van der Waals surface area contributed by atoms with Gasteiger partial charge in [0.05, 0.1) is 59.2 Å². The van der Waals surface area contributed by atoms with Crippen molar-refractivity contribution in [1.29, 1.82) is 0 Å². The molecule has 0 unspecified atom stereocenters. The average molecular weight is 313 g/mol. The maximum atomic E-state index is 5.61. The molecule has 22 heavy (non-hydrogen) atoms. The van der Waals surface area contributed by atoms with Crippen LogP contribution in [0.25, 0.3) is 0 Å². The summed E-state index contributed by atoms with van der Waals surface area (Å²) in [6, 6.07) is 0. The molecule has 2 heterocycles. The number of H-pyrrole nitrogens is 1. The minimum absolute atomic E-state index is 0.611. The average Bonchev–Trinajstić information content (AvgIpc) is 3.04. The van der Waals surface area contributed by atoms with Crippen molar-refractivity contribution in [2.75, 3.05) is 72.5 Å². The largest absolute Gasteiger partial charge is 0.378 e. The lowest BCUT2D eigenvalue weighted by Crippen LogP contribution is -2.33. The number of aromatic nitrogens is 2. The molecule has 7 nitrogen and oxygen atoms in total. The summed E-state index contributed by atoms with van der Waals surface area (Å²) in [7, 11) is 0. The zero-order chi connectivity index (χ0) is 15.3. The van der Waals surface area contributed by atoms with Crippen molar-refractivity contribution in [2.24, 2.45) is 0 Å². The molecule has 0 aliphatic carbocycles. The molecule has 2 rings (SSSR count). The van der Waals surface area contributed by atoms with Gasteiger partial charge in [0.25, 0.3) is 0 Å². The summed E-state index contributed by atoms with van der Waals surface area (Å²) in [6.45, 7) is 7.90. The molecule has 0 bridgehead atoms. The van der Waals surface area contributed by atoms with Crippen molar-refractivity contribution in [1.82, 2.24) is 14.9 Å². The summed E-state index contributed by atoms with van der Waals surface area (Å²) in [6.07, 6.45) is 4.54. The van der Waals surface area contributed by atoms with E-state index in [-0.39, 0.29) is 0 Å². The fourth-order valence-corrected chi connectivity index (χ4v) is 2.18. The minimum Gasteiger partial charge on any atom is -0.378 e. The molecule has 0 atom stereocenters. The van der Waals surface area contributed by atoms with Gasteiger partial charge in [0.2, 0.25) is 0 Å². The zero-order valence-corrected chi connectivity index (χ0v) is 13.2. The Morgan fingerprint density at radius 3 is 1.91 bits per heavy atom. The number of aromatic amines is 1. The Hall–Kier alpha value is -0.990. The van der Waals surface area contributed by atoms with Crippen LogP contribution in [0.15, 0.2) is 12.5 Å². The Balaban J connectivity index is 1.70. The predicted molar refractivity (Wildman–Crippen MR) is 82.0 cm³/mol. The van der Waals surface area contributed by atoms with Crippen LogP contribution in [0, 0.1) is 0 Å². The molecule has 0 amide bonds. The number of rotatable bonds is 3. The van der Waals surface area contributed by atoms with Crippen LogP contribution in [0.2, 0.25) is 0 Å². The van der Waals surface area contributed by atoms with Gasteiger partial charge in [0.15, 0.2) is 0 Å². The van der Waals surface area contributed by atoms with E-state index < -0.39 is 0 Å². The van der Waals surface area contributed by atoms with E-state index in [0.29, 0.717) is 52.9 Å². The van der Waals surface area contributed by atoms with Crippen molar-refractivity contribution in [3.05, 3.63) is 18.2 Å². The second-order valence-electron chi connectivity index (χ2n) is 5.12. The summed E-state index contributed by atoms with van der Waals surface area (Å²) in [5.41, 5.74) is 1.15. The van der Waals surface area contributed by atoms with Gasteiger partial charge in [0, 0.05) is 37.9 Å². The Bertz CT molecular complexity index is 346. The Morgan fingerprint density at radius 1 is 0.864 bits per heavy atom. The Morgan fingerprint density at radius 2 is 1.41 bits per heavy atom. The van der Waals surface area contributed by atoms with Crippen LogP contribution in [-0.2, 0) is 25.4 Å². The molecule has 1 aromatic rings. The maximum absolute atomic E-state index is 5.61. The third-order valence-corrected chi connectivity index (χ3v) is 3.47. The van der Waals surface area contributed by atoms with E-state index in [0.717, 1.165) is 31.7 Å². The number of nitrogens with zero attached hydrogens (tertiary/aromatic N) is 2. The monoisotopic (exact) mass is 313 g/mol. The van der Waals surface area contributed by atoms with Crippen LogP contribution < -0.4 is 0 Å². The lowest BCUT2D eigenvalue weighted by atomic mass is 10.3. The second-order valence-corrected chi connectivity index (χ2v) is 5.12. The van der Waals surface area contributed by atoms with E-state index in [4.69, 9.17) is 18.9 Å². The first-order valence-electron chi connectivity index (χ1n) is 7.96. The maximum Gasteiger partial charge on any atom is 0.0921 e. The first-order valence-corrected chi connectivity index (χ1v) is 7.96. The molecule has 0 aromatic carbocycles. The summed E-state index contributed by atoms with van der Waals surface area (Å²) in [5.74, 6) is 0. The van der Waals surface area contributed by atoms with E-state index in [1.807, 2.05) is 6.20 Å². The topological polar surface area (TPSA) is 68.8 Å². The quantitative estimate of drug-likeness (QED) is 0.867. The van der Waals surface area contributed by atoms with Gasteiger partial charge >= 0.3 is 0 Å². The normalized spacial score (nSPS) is 21.1. The second kappa shape index (κ2) is 11.6. The highest BCUT2D eigenvalue weighted by atomic mass is 16.6. The lowest BCUT2D eigenvalue weighted by molar-refractivity contribution is 0.00206. The third-order valence-electron chi connectivity index (χ3n) is 3.47. The number of ether oxygens (including phenoxy) is 4. The van der Waals surface area contributed by atoms with E-state index in [2.05, 4.69) is 14.9 Å². The predicted octanol–water partition coefficient (Wildman–Crippen LogP) is 0.334. The van der Waals surface area contributed by atoms with Gasteiger partial charge in [-0.05, 0) is 0 Å². The Kier molecular flexibility index (Phi) is 9.13. The molecule has 0 saturated carbocycles. The summed E-state index contributed by atoms with van der Waals surface area (Å²) < 4.78 is 22.1. The first kappa shape index (κ1) is 17.4. The van der Waals surface area contributed by atoms with Gasteiger partial charge in [-0.2, -0.15) is 0 Å². The van der Waals surface area contributed by atoms with E-state index >= 15 is 0 Å². The molecule has 7 heteroatoms. The number of hydrogen-bond acceptors (Lipinski definition) is 6. The standard InChI is InChI=1S/C15H27N3O4/c1(15-13-16-14-17-15)2-18-3-5-19-7-9-21-11-12-22-10-8-20-6-4-18/h13-14H,1-12H2,(H,16,17). The zero-order valence-electron chi connectivity index (χ0n) is 13.2. The van der Waals surface area contributed by atoms with Crippen LogP contribution in [0.3, 0.4) is 0 Å². The smallest absolute Gasteiger partial charge is 0.0921 e. The molecule has 1 aliphatic heterocycles. The number of imidazole rings is 1.